The van der Waals surface area contributed by atoms with Crippen LogP contribution in [0.1, 0.15) is 34.6 Å². The fraction of sp³-hybridized carbons (Fsp3) is 0.688. The van der Waals surface area contributed by atoms with Crippen molar-refractivity contribution in [2.75, 3.05) is 6.61 Å². The SMILES string of the molecule is CC(=O)N[C@@H]1[C@@H](O)[C@H](O)[C@@H](CO)O[C@H]1O.CC(=O)O.CC(=O)O.CC(=O)O.CC(=O)O. The molecule has 9 N–H and O–H groups in total. The number of carboxylic acid groups (broad SMARTS) is 4. The standard InChI is InChI=1S/C8H15NO6.4C2H4O2/c1-3(11)9-5-7(13)6(12)4(2-10)15-8(5)14;4*1-2(3)4/h4-8,10,12-14H,2H2,1H3,(H,9,11);4*1H3,(H,3,4)/t4-,5-,6-,7-,8-;;;;/m1..../s1. The molecule has 1 fully saturated rings. The summed E-state index contributed by atoms with van der Waals surface area (Å²) in [7, 11) is 0. The van der Waals surface area contributed by atoms with Crippen molar-refractivity contribution in [1.29, 1.82) is 0 Å². The number of nitrogens with one attached hydrogen (secondary N) is 1. The Kier molecular flexibility index (Phi) is 23.4. The summed E-state index contributed by atoms with van der Waals surface area (Å²) in [4.78, 5) is 46.7. The van der Waals surface area contributed by atoms with Crippen LogP contribution in [-0.4, -0.2) is 108 Å². The summed E-state index contributed by atoms with van der Waals surface area (Å²) in [6.45, 7) is 5.02. The first-order valence-corrected chi connectivity index (χ1v) is 8.26. The first kappa shape index (κ1) is 35.6. The highest BCUT2D eigenvalue weighted by molar-refractivity contribution is 5.73. The normalized spacial score (nSPS) is 23.2. The molecule has 184 valence electrons. The molecule has 1 aliphatic heterocycles. The molecule has 15 nitrogen and oxygen atoms in total. The van der Waals surface area contributed by atoms with Crippen molar-refractivity contribution in [2.24, 2.45) is 0 Å². The maximum Gasteiger partial charge on any atom is 0.300 e. The van der Waals surface area contributed by atoms with Gasteiger partial charge in [-0.25, -0.2) is 0 Å². The topological polar surface area (TPSA) is 268 Å². The van der Waals surface area contributed by atoms with Gasteiger partial charge in [0.05, 0.1) is 6.61 Å². The van der Waals surface area contributed by atoms with Crippen LogP contribution in [0.15, 0.2) is 0 Å². The second-order valence-electron chi connectivity index (χ2n) is 5.53. The first-order chi connectivity index (χ1) is 13.9. The third kappa shape index (κ3) is 32.0. The molecule has 0 spiro atoms. The van der Waals surface area contributed by atoms with E-state index < -0.39 is 67.0 Å². The van der Waals surface area contributed by atoms with Gasteiger partial charge in [-0.05, 0) is 0 Å². The van der Waals surface area contributed by atoms with Crippen LogP contribution in [0.2, 0.25) is 0 Å². The van der Waals surface area contributed by atoms with E-state index in [2.05, 4.69) is 5.32 Å². The number of ether oxygens (including phenoxy) is 1. The number of aliphatic hydroxyl groups is 4. The van der Waals surface area contributed by atoms with Gasteiger partial charge in [0, 0.05) is 34.6 Å². The molecule has 31 heavy (non-hydrogen) atoms. The monoisotopic (exact) mass is 461 g/mol. The second kappa shape index (κ2) is 20.4. The minimum atomic E-state index is -1.45. The minimum absolute atomic E-state index is 0.462. The Morgan fingerprint density at radius 3 is 1.23 bits per heavy atom. The number of amides is 1. The largest absolute Gasteiger partial charge is 0.481 e. The van der Waals surface area contributed by atoms with Gasteiger partial charge in [-0.1, -0.05) is 0 Å². The number of aliphatic hydroxyl groups excluding tert-OH is 4. The molecule has 1 heterocycles. The van der Waals surface area contributed by atoms with E-state index in [0.717, 1.165) is 27.7 Å². The van der Waals surface area contributed by atoms with Gasteiger partial charge in [0.25, 0.3) is 23.9 Å². The molecular weight excluding hydrogens is 430 g/mol. The summed E-state index contributed by atoms with van der Waals surface area (Å²) in [5, 5.41) is 69.1. The molecule has 1 rings (SSSR count). The summed E-state index contributed by atoms with van der Waals surface area (Å²) in [6.07, 6.45) is -5.24. The molecule has 0 aromatic rings. The smallest absolute Gasteiger partial charge is 0.300 e. The van der Waals surface area contributed by atoms with Gasteiger partial charge in [-0.15, -0.1) is 0 Å². The third-order valence-corrected chi connectivity index (χ3v) is 2.27. The molecule has 0 aromatic heterocycles. The van der Waals surface area contributed by atoms with Gasteiger partial charge >= 0.3 is 0 Å². The quantitative estimate of drug-likeness (QED) is 0.202. The van der Waals surface area contributed by atoms with Crippen molar-refractivity contribution < 1.29 is 69.6 Å². The van der Waals surface area contributed by atoms with Crippen molar-refractivity contribution in [3.8, 4) is 0 Å². The van der Waals surface area contributed by atoms with Crippen LogP contribution in [0, 0.1) is 0 Å². The van der Waals surface area contributed by atoms with E-state index in [1.807, 2.05) is 0 Å². The van der Waals surface area contributed by atoms with E-state index >= 15 is 0 Å². The number of carbonyl (C=O) groups excluding carboxylic acids is 1. The number of aliphatic carboxylic acids is 4. The third-order valence-electron chi connectivity index (χ3n) is 2.27. The summed E-state index contributed by atoms with van der Waals surface area (Å²) in [6, 6.07) is -1.10. The molecule has 1 saturated heterocycles. The fourth-order valence-electron chi connectivity index (χ4n) is 1.49. The molecule has 15 heteroatoms. The zero-order chi connectivity index (χ0) is 25.9. The van der Waals surface area contributed by atoms with E-state index in [0.29, 0.717) is 0 Å². The van der Waals surface area contributed by atoms with Crippen molar-refractivity contribution in [1.82, 2.24) is 5.32 Å². The van der Waals surface area contributed by atoms with Gasteiger partial charge in [-0.2, -0.15) is 0 Å². The number of hydrogen-bond acceptors (Lipinski definition) is 10. The molecule has 1 amide bonds. The van der Waals surface area contributed by atoms with Gasteiger partial charge in [0.2, 0.25) is 5.91 Å². The predicted molar refractivity (Wildman–Crippen MR) is 101 cm³/mol. The van der Waals surface area contributed by atoms with Crippen LogP contribution in [0.3, 0.4) is 0 Å². The summed E-state index contributed by atoms with van der Waals surface area (Å²) in [5.74, 6) is -3.80. The van der Waals surface area contributed by atoms with Crippen molar-refractivity contribution in [2.45, 2.75) is 65.3 Å². The van der Waals surface area contributed by atoms with Crippen molar-refractivity contribution >= 4 is 29.8 Å². The molecular formula is C16H31NO14. The lowest BCUT2D eigenvalue weighted by Crippen LogP contribution is -2.63. The van der Waals surface area contributed by atoms with Gasteiger partial charge < -0.3 is 50.9 Å². The molecule has 0 unspecified atom stereocenters. The lowest BCUT2D eigenvalue weighted by molar-refractivity contribution is -0.253. The lowest BCUT2D eigenvalue weighted by atomic mass is 9.97. The van der Waals surface area contributed by atoms with E-state index in [4.69, 9.17) is 49.4 Å². The average molecular weight is 461 g/mol. The Morgan fingerprint density at radius 1 is 0.710 bits per heavy atom. The van der Waals surface area contributed by atoms with Crippen LogP contribution in [0.25, 0.3) is 0 Å². The Labute approximate surface area is 177 Å². The van der Waals surface area contributed by atoms with Gasteiger partial charge in [-0.3, -0.25) is 24.0 Å². The summed E-state index contributed by atoms with van der Waals surface area (Å²) in [5.41, 5.74) is 0. The van der Waals surface area contributed by atoms with E-state index in [9.17, 15) is 20.1 Å². The van der Waals surface area contributed by atoms with Crippen LogP contribution in [0.4, 0.5) is 0 Å². The predicted octanol–water partition coefficient (Wildman–Crippen LogP) is -2.71. The zero-order valence-electron chi connectivity index (χ0n) is 17.6. The molecule has 5 atom stereocenters. The first-order valence-electron chi connectivity index (χ1n) is 8.26. The number of carbonyl (C=O) groups is 5. The van der Waals surface area contributed by atoms with E-state index in [1.165, 1.54) is 6.92 Å². The maximum atomic E-state index is 10.7. The number of rotatable bonds is 2. The summed E-state index contributed by atoms with van der Waals surface area (Å²) >= 11 is 0. The molecule has 0 saturated carbocycles. The zero-order valence-corrected chi connectivity index (χ0v) is 17.6. The van der Waals surface area contributed by atoms with Crippen molar-refractivity contribution in [3.63, 3.8) is 0 Å². The lowest BCUT2D eigenvalue weighted by Gasteiger charge is -2.40. The van der Waals surface area contributed by atoms with Gasteiger partial charge in [0.15, 0.2) is 6.29 Å². The molecule has 0 bridgehead atoms. The van der Waals surface area contributed by atoms with Crippen LogP contribution in [0.5, 0.6) is 0 Å². The van der Waals surface area contributed by atoms with Crippen LogP contribution < -0.4 is 5.32 Å². The molecule has 0 radical (unpaired) electrons. The highest BCUT2D eigenvalue weighted by Gasteiger charge is 2.43. The molecule has 1 aliphatic rings. The fourth-order valence-corrected chi connectivity index (χ4v) is 1.49. The minimum Gasteiger partial charge on any atom is -0.481 e. The highest BCUT2D eigenvalue weighted by atomic mass is 16.6. The van der Waals surface area contributed by atoms with Crippen molar-refractivity contribution in [3.05, 3.63) is 0 Å². The molecule has 0 aromatic carbocycles. The Balaban J connectivity index is -0.000000187. The Bertz CT molecular complexity index is 488. The highest BCUT2D eigenvalue weighted by Crippen LogP contribution is 2.19. The Hall–Kier alpha value is -2.85. The van der Waals surface area contributed by atoms with E-state index in [1.54, 1.807) is 0 Å². The van der Waals surface area contributed by atoms with Crippen LogP contribution >= 0.6 is 0 Å². The number of carboxylic acids is 4. The molecule has 0 aliphatic carbocycles. The summed E-state index contributed by atoms with van der Waals surface area (Å²) < 4.78 is 4.81. The Morgan fingerprint density at radius 2 is 1.00 bits per heavy atom. The average Bonchev–Trinajstić information content (AvgIpc) is 2.52. The second-order valence-corrected chi connectivity index (χ2v) is 5.53. The van der Waals surface area contributed by atoms with Gasteiger partial charge in [0.1, 0.15) is 24.4 Å². The maximum absolute atomic E-state index is 10.7. The van der Waals surface area contributed by atoms with Crippen LogP contribution in [-0.2, 0) is 28.7 Å². The number of hydrogen-bond donors (Lipinski definition) is 9. The van der Waals surface area contributed by atoms with E-state index in [-0.39, 0.29) is 0 Å².